The number of amides is 1. The van der Waals surface area contributed by atoms with Gasteiger partial charge in [0.2, 0.25) is 0 Å². The monoisotopic (exact) mass is 280 g/mol. The molecule has 0 aliphatic rings. The largest absolute Gasteiger partial charge is 0.484 e. The number of benzene rings is 1. The molecule has 1 amide bonds. The highest BCUT2D eigenvalue weighted by atomic mass is 16.6. The van der Waals surface area contributed by atoms with Crippen molar-refractivity contribution in [3.05, 3.63) is 34.4 Å². The minimum absolute atomic E-state index is 0.00413. The van der Waals surface area contributed by atoms with Crippen molar-refractivity contribution in [1.29, 1.82) is 0 Å². The van der Waals surface area contributed by atoms with Crippen LogP contribution in [0.15, 0.2) is 24.3 Å². The van der Waals surface area contributed by atoms with E-state index in [1.54, 1.807) is 0 Å². The SMILES string of the molecule is CCC(CC)CNC(=O)COc1ccc([N+](=O)[O-])cc1. The third-order valence-corrected chi connectivity index (χ3v) is 3.16. The first-order valence-electron chi connectivity index (χ1n) is 6.70. The Balaban J connectivity index is 2.35. The fourth-order valence-electron chi connectivity index (χ4n) is 1.70. The molecule has 6 heteroatoms. The van der Waals surface area contributed by atoms with Gasteiger partial charge in [0, 0.05) is 18.7 Å². The lowest BCUT2D eigenvalue weighted by Crippen LogP contribution is -2.32. The average molecular weight is 280 g/mol. The van der Waals surface area contributed by atoms with E-state index in [1.165, 1.54) is 24.3 Å². The van der Waals surface area contributed by atoms with Gasteiger partial charge in [-0.25, -0.2) is 0 Å². The molecule has 0 saturated heterocycles. The Hall–Kier alpha value is -2.11. The Bertz CT molecular complexity index is 441. The second-order valence-electron chi connectivity index (χ2n) is 4.53. The van der Waals surface area contributed by atoms with Crippen LogP contribution < -0.4 is 10.1 Å². The summed E-state index contributed by atoms with van der Waals surface area (Å²) in [5.41, 5.74) is -0.00413. The lowest BCUT2D eigenvalue weighted by molar-refractivity contribution is -0.384. The van der Waals surface area contributed by atoms with E-state index in [0.29, 0.717) is 18.2 Å². The molecule has 0 bridgehead atoms. The van der Waals surface area contributed by atoms with Crippen LogP contribution in [0, 0.1) is 16.0 Å². The molecule has 0 aromatic heterocycles. The molecular formula is C14H20N2O4. The van der Waals surface area contributed by atoms with Crippen LogP contribution in [-0.4, -0.2) is 24.0 Å². The number of carbonyl (C=O) groups is 1. The standard InChI is InChI=1S/C14H20N2O4/c1-3-11(4-2)9-15-14(17)10-20-13-7-5-12(6-8-13)16(18)19/h5-8,11H,3-4,9-10H2,1-2H3,(H,15,17). The highest BCUT2D eigenvalue weighted by Crippen LogP contribution is 2.17. The maximum absolute atomic E-state index is 11.6. The Morgan fingerprint density at radius 1 is 1.30 bits per heavy atom. The number of nitrogens with one attached hydrogen (secondary N) is 1. The normalized spacial score (nSPS) is 10.3. The van der Waals surface area contributed by atoms with Crippen molar-refractivity contribution in [3.63, 3.8) is 0 Å². The number of nitro groups is 1. The van der Waals surface area contributed by atoms with Crippen LogP contribution in [0.1, 0.15) is 26.7 Å². The molecule has 0 atom stereocenters. The molecule has 0 fully saturated rings. The molecule has 0 aliphatic carbocycles. The van der Waals surface area contributed by atoms with Gasteiger partial charge >= 0.3 is 0 Å². The van der Waals surface area contributed by atoms with Gasteiger partial charge in [-0.05, 0) is 18.1 Å². The van der Waals surface area contributed by atoms with Gasteiger partial charge in [-0.3, -0.25) is 14.9 Å². The highest BCUT2D eigenvalue weighted by Gasteiger charge is 2.08. The summed E-state index contributed by atoms with van der Waals surface area (Å²) in [5.74, 6) is 0.738. The van der Waals surface area contributed by atoms with Gasteiger partial charge in [-0.15, -0.1) is 0 Å². The lowest BCUT2D eigenvalue weighted by atomic mass is 10.0. The van der Waals surface area contributed by atoms with E-state index < -0.39 is 4.92 Å². The third kappa shape index (κ3) is 5.26. The second-order valence-corrected chi connectivity index (χ2v) is 4.53. The van der Waals surface area contributed by atoms with E-state index in [1.807, 2.05) is 0 Å². The van der Waals surface area contributed by atoms with Crippen LogP contribution in [0.2, 0.25) is 0 Å². The Kier molecular flexibility index (Phi) is 6.49. The smallest absolute Gasteiger partial charge is 0.269 e. The minimum atomic E-state index is -0.480. The number of ether oxygens (including phenoxy) is 1. The minimum Gasteiger partial charge on any atom is -0.484 e. The highest BCUT2D eigenvalue weighted by molar-refractivity contribution is 5.77. The fourth-order valence-corrected chi connectivity index (χ4v) is 1.70. The molecule has 6 nitrogen and oxygen atoms in total. The molecule has 0 spiro atoms. The molecule has 1 aromatic carbocycles. The molecule has 0 saturated carbocycles. The van der Waals surface area contributed by atoms with E-state index in [-0.39, 0.29) is 18.2 Å². The average Bonchev–Trinajstić information content (AvgIpc) is 2.46. The number of nitro benzene ring substituents is 1. The molecular weight excluding hydrogens is 260 g/mol. The van der Waals surface area contributed by atoms with Gasteiger partial charge in [0.05, 0.1) is 4.92 Å². The number of nitrogens with zero attached hydrogens (tertiary/aromatic N) is 1. The molecule has 0 radical (unpaired) electrons. The number of hydrogen-bond donors (Lipinski definition) is 1. The zero-order chi connectivity index (χ0) is 15.0. The first-order chi connectivity index (χ1) is 9.56. The summed E-state index contributed by atoms with van der Waals surface area (Å²) in [5, 5.41) is 13.3. The number of carbonyl (C=O) groups excluding carboxylic acids is 1. The van der Waals surface area contributed by atoms with Crippen LogP contribution >= 0.6 is 0 Å². The summed E-state index contributed by atoms with van der Waals surface area (Å²) in [7, 11) is 0. The van der Waals surface area contributed by atoms with Crippen LogP contribution in [0.3, 0.4) is 0 Å². The molecule has 0 aliphatic heterocycles. The van der Waals surface area contributed by atoms with Gasteiger partial charge in [0.25, 0.3) is 11.6 Å². The van der Waals surface area contributed by atoms with E-state index in [9.17, 15) is 14.9 Å². The molecule has 0 unspecified atom stereocenters. The molecule has 0 heterocycles. The summed E-state index contributed by atoms with van der Waals surface area (Å²) in [4.78, 5) is 21.6. The summed E-state index contributed by atoms with van der Waals surface area (Å²) < 4.78 is 5.27. The van der Waals surface area contributed by atoms with Crippen LogP contribution in [0.4, 0.5) is 5.69 Å². The molecule has 110 valence electrons. The molecule has 20 heavy (non-hydrogen) atoms. The number of non-ortho nitro benzene ring substituents is 1. The molecule has 1 N–H and O–H groups in total. The summed E-state index contributed by atoms with van der Waals surface area (Å²) in [6, 6.07) is 5.65. The lowest BCUT2D eigenvalue weighted by Gasteiger charge is -2.13. The number of hydrogen-bond acceptors (Lipinski definition) is 4. The van der Waals surface area contributed by atoms with Crippen molar-refractivity contribution in [2.75, 3.05) is 13.2 Å². The summed E-state index contributed by atoms with van der Waals surface area (Å²) in [6.07, 6.45) is 2.06. The van der Waals surface area contributed by atoms with Crippen molar-refractivity contribution in [2.45, 2.75) is 26.7 Å². The third-order valence-electron chi connectivity index (χ3n) is 3.16. The van der Waals surface area contributed by atoms with Crippen molar-refractivity contribution in [3.8, 4) is 5.75 Å². The predicted molar refractivity (Wildman–Crippen MR) is 75.7 cm³/mol. The van der Waals surface area contributed by atoms with Crippen molar-refractivity contribution in [1.82, 2.24) is 5.32 Å². The van der Waals surface area contributed by atoms with E-state index in [2.05, 4.69) is 19.2 Å². The van der Waals surface area contributed by atoms with E-state index in [4.69, 9.17) is 4.74 Å². The van der Waals surface area contributed by atoms with Gasteiger partial charge in [-0.2, -0.15) is 0 Å². The van der Waals surface area contributed by atoms with Gasteiger partial charge in [0.1, 0.15) is 5.75 Å². The predicted octanol–water partition coefficient (Wildman–Crippen LogP) is 2.53. The van der Waals surface area contributed by atoms with Gasteiger partial charge < -0.3 is 10.1 Å². The summed E-state index contributed by atoms with van der Waals surface area (Å²) >= 11 is 0. The Morgan fingerprint density at radius 3 is 2.40 bits per heavy atom. The fraction of sp³-hybridized carbons (Fsp3) is 0.500. The van der Waals surface area contributed by atoms with Crippen molar-refractivity contribution >= 4 is 11.6 Å². The van der Waals surface area contributed by atoms with E-state index >= 15 is 0 Å². The molecule has 1 aromatic rings. The maximum atomic E-state index is 11.6. The van der Waals surface area contributed by atoms with Crippen molar-refractivity contribution in [2.24, 2.45) is 5.92 Å². The first-order valence-corrected chi connectivity index (χ1v) is 6.70. The topological polar surface area (TPSA) is 81.5 Å². The zero-order valence-electron chi connectivity index (χ0n) is 11.8. The summed E-state index contributed by atoms with van der Waals surface area (Å²) in [6.45, 7) is 4.74. The van der Waals surface area contributed by atoms with E-state index in [0.717, 1.165) is 12.8 Å². The molecule has 1 rings (SSSR count). The van der Waals surface area contributed by atoms with Gasteiger partial charge in [-0.1, -0.05) is 26.7 Å². The second kappa shape index (κ2) is 8.14. The quantitative estimate of drug-likeness (QED) is 0.586. The van der Waals surface area contributed by atoms with Crippen molar-refractivity contribution < 1.29 is 14.5 Å². The maximum Gasteiger partial charge on any atom is 0.269 e. The van der Waals surface area contributed by atoms with Crippen LogP contribution in [0.5, 0.6) is 5.75 Å². The zero-order valence-corrected chi connectivity index (χ0v) is 11.8. The Labute approximate surface area is 118 Å². The number of rotatable bonds is 8. The van der Waals surface area contributed by atoms with Gasteiger partial charge in [0.15, 0.2) is 6.61 Å². The van der Waals surface area contributed by atoms with Crippen LogP contribution in [-0.2, 0) is 4.79 Å². The first kappa shape index (κ1) is 15.9. The Morgan fingerprint density at radius 2 is 1.90 bits per heavy atom. The van der Waals surface area contributed by atoms with Crippen LogP contribution in [0.25, 0.3) is 0 Å².